The van der Waals surface area contributed by atoms with E-state index in [1.165, 1.54) is 11.1 Å². The molecule has 126 valence electrons. The topological polar surface area (TPSA) is 49.3 Å². The monoisotopic (exact) mass is 324 g/mol. The lowest BCUT2D eigenvalue weighted by molar-refractivity contribution is -0.131. The van der Waals surface area contributed by atoms with Crippen molar-refractivity contribution in [2.75, 3.05) is 24.5 Å². The Bertz CT molecular complexity index is 729. The van der Waals surface area contributed by atoms with Gasteiger partial charge in [-0.25, -0.2) is 9.97 Å². The summed E-state index contributed by atoms with van der Waals surface area (Å²) in [6.45, 7) is 8.79. The largest absolute Gasteiger partial charge is 0.345 e. The zero-order valence-corrected chi connectivity index (χ0v) is 14.6. The van der Waals surface area contributed by atoms with E-state index in [-0.39, 0.29) is 11.8 Å². The number of carbonyl (C=O) groups excluding carboxylic acids is 1. The maximum atomic E-state index is 12.5. The third kappa shape index (κ3) is 3.72. The van der Waals surface area contributed by atoms with Crippen LogP contribution in [-0.2, 0) is 11.3 Å². The number of anilines is 1. The molecule has 2 aromatic rings. The highest BCUT2D eigenvalue weighted by molar-refractivity contribution is 5.82. The molecule has 1 fully saturated rings. The summed E-state index contributed by atoms with van der Waals surface area (Å²) < 4.78 is 0. The number of benzene rings is 1. The van der Waals surface area contributed by atoms with Crippen LogP contribution in [0.5, 0.6) is 0 Å². The molecule has 0 radical (unpaired) electrons. The first-order valence-electron chi connectivity index (χ1n) is 8.44. The van der Waals surface area contributed by atoms with Crippen molar-refractivity contribution in [2.45, 2.75) is 33.2 Å². The van der Waals surface area contributed by atoms with E-state index in [0.29, 0.717) is 19.6 Å². The number of nitrogens with zero attached hydrogens (tertiary/aromatic N) is 4. The van der Waals surface area contributed by atoms with Crippen molar-refractivity contribution in [3.63, 3.8) is 0 Å². The van der Waals surface area contributed by atoms with Crippen molar-refractivity contribution in [1.82, 2.24) is 14.9 Å². The predicted octanol–water partition coefficient (Wildman–Crippen LogP) is 2.76. The molecule has 0 bridgehead atoms. The Morgan fingerprint density at radius 1 is 1.21 bits per heavy atom. The van der Waals surface area contributed by atoms with Gasteiger partial charge in [0.05, 0.1) is 6.54 Å². The van der Waals surface area contributed by atoms with Crippen LogP contribution >= 0.6 is 0 Å². The molecule has 1 aliphatic rings. The summed E-state index contributed by atoms with van der Waals surface area (Å²) in [5.74, 6) is 2.09. The summed E-state index contributed by atoms with van der Waals surface area (Å²) >= 11 is 0. The van der Waals surface area contributed by atoms with Crippen LogP contribution in [0, 0.1) is 6.92 Å². The van der Waals surface area contributed by atoms with E-state index in [1.54, 1.807) is 6.20 Å². The maximum absolute atomic E-state index is 12.5. The number of rotatable bonds is 4. The van der Waals surface area contributed by atoms with Gasteiger partial charge in [-0.15, -0.1) is 0 Å². The second kappa shape index (κ2) is 6.99. The highest BCUT2D eigenvalue weighted by Crippen LogP contribution is 2.18. The molecule has 0 N–H and O–H groups in total. The lowest BCUT2D eigenvalue weighted by atomic mass is 10.1. The van der Waals surface area contributed by atoms with Gasteiger partial charge in [0, 0.05) is 31.7 Å². The molecule has 2 heterocycles. The summed E-state index contributed by atoms with van der Waals surface area (Å²) in [6, 6.07) is 10.2. The highest BCUT2D eigenvalue weighted by atomic mass is 16.2. The minimum Gasteiger partial charge on any atom is -0.345 e. The van der Waals surface area contributed by atoms with Crippen molar-refractivity contribution in [3.8, 4) is 0 Å². The summed E-state index contributed by atoms with van der Waals surface area (Å²) in [6.07, 6.45) is 1.78. The number of aromatic nitrogens is 2. The van der Waals surface area contributed by atoms with E-state index < -0.39 is 0 Å². The first-order valence-corrected chi connectivity index (χ1v) is 8.44. The Morgan fingerprint density at radius 2 is 2.04 bits per heavy atom. The summed E-state index contributed by atoms with van der Waals surface area (Å²) in [4.78, 5) is 25.4. The molecule has 0 unspecified atom stereocenters. The zero-order valence-electron chi connectivity index (χ0n) is 14.6. The second-order valence-electron chi connectivity index (χ2n) is 6.65. The Kier molecular flexibility index (Phi) is 4.79. The van der Waals surface area contributed by atoms with Crippen LogP contribution in [0.4, 0.5) is 5.82 Å². The first-order chi connectivity index (χ1) is 11.5. The van der Waals surface area contributed by atoms with E-state index in [2.05, 4.69) is 48.9 Å². The smallest absolute Gasteiger partial charge is 0.242 e. The normalized spacial score (nSPS) is 15.2. The molecule has 1 aromatic carbocycles. The van der Waals surface area contributed by atoms with E-state index in [1.807, 2.05) is 21.9 Å². The van der Waals surface area contributed by atoms with Gasteiger partial charge < -0.3 is 9.80 Å². The van der Waals surface area contributed by atoms with Crippen LogP contribution in [0.15, 0.2) is 36.5 Å². The number of amides is 1. The predicted molar refractivity (Wildman–Crippen MR) is 94.9 cm³/mol. The molecule has 0 atom stereocenters. The van der Waals surface area contributed by atoms with Crippen molar-refractivity contribution >= 4 is 11.7 Å². The average Bonchev–Trinajstić information content (AvgIpc) is 2.57. The molecule has 1 saturated heterocycles. The van der Waals surface area contributed by atoms with Gasteiger partial charge in [-0.1, -0.05) is 43.7 Å². The second-order valence-corrected chi connectivity index (χ2v) is 6.65. The Labute approximate surface area is 143 Å². The van der Waals surface area contributed by atoms with Gasteiger partial charge in [-0.3, -0.25) is 4.79 Å². The van der Waals surface area contributed by atoms with E-state index in [0.717, 1.165) is 18.2 Å². The summed E-state index contributed by atoms with van der Waals surface area (Å²) in [7, 11) is 0. The molecule has 0 saturated carbocycles. The van der Waals surface area contributed by atoms with Crippen LogP contribution in [0.2, 0.25) is 0 Å². The number of hydrogen-bond acceptors (Lipinski definition) is 4. The van der Waals surface area contributed by atoms with Crippen LogP contribution in [0.1, 0.15) is 36.7 Å². The van der Waals surface area contributed by atoms with Crippen molar-refractivity contribution < 1.29 is 4.79 Å². The van der Waals surface area contributed by atoms with Crippen LogP contribution in [0.25, 0.3) is 0 Å². The first kappa shape index (κ1) is 16.4. The SMILES string of the molecule is Cc1cccc(CN2CCN(c3ccnc(C(C)C)n3)CC2=O)c1. The standard InChI is InChI=1S/C19H24N4O/c1-14(2)19-20-8-7-17(21-19)22-9-10-23(18(24)13-22)12-16-6-4-5-15(3)11-16/h4-8,11,14H,9-10,12-13H2,1-3H3. The van der Waals surface area contributed by atoms with Crippen molar-refractivity contribution in [1.29, 1.82) is 0 Å². The molecular weight excluding hydrogens is 300 g/mol. The molecule has 3 rings (SSSR count). The molecule has 5 heteroatoms. The van der Waals surface area contributed by atoms with Gasteiger partial charge >= 0.3 is 0 Å². The molecule has 0 spiro atoms. The van der Waals surface area contributed by atoms with Gasteiger partial charge in [0.15, 0.2) is 0 Å². The Hall–Kier alpha value is -2.43. The molecule has 0 aliphatic carbocycles. The lowest BCUT2D eigenvalue weighted by Gasteiger charge is -2.35. The molecule has 5 nitrogen and oxygen atoms in total. The third-order valence-electron chi connectivity index (χ3n) is 4.27. The average molecular weight is 324 g/mol. The zero-order chi connectivity index (χ0) is 17.1. The van der Waals surface area contributed by atoms with Crippen LogP contribution < -0.4 is 4.90 Å². The van der Waals surface area contributed by atoms with Crippen LogP contribution in [-0.4, -0.2) is 40.4 Å². The minimum absolute atomic E-state index is 0.146. The molecule has 1 aromatic heterocycles. The van der Waals surface area contributed by atoms with Gasteiger partial charge in [-0.2, -0.15) is 0 Å². The van der Waals surface area contributed by atoms with Gasteiger partial charge in [0.25, 0.3) is 0 Å². The molecule has 1 amide bonds. The lowest BCUT2D eigenvalue weighted by Crippen LogP contribution is -2.50. The number of piperazine rings is 1. The van der Waals surface area contributed by atoms with Crippen LogP contribution in [0.3, 0.4) is 0 Å². The van der Waals surface area contributed by atoms with Crippen molar-refractivity contribution in [3.05, 3.63) is 53.5 Å². The Balaban J connectivity index is 1.67. The van der Waals surface area contributed by atoms with Gasteiger partial charge in [0.2, 0.25) is 5.91 Å². The number of carbonyl (C=O) groups is 1. The summed E-state index contributed by atoms with van der Waals surface area (Å²) in [5.41, 5.74) is 2.40. The fourth-order valence-corrected chi connectivity index (χ4v) is 2.92. The third-order valence-corrected chi connectivity index (χ3v) is 4.27. The Morgan fingerprint density at radius 3 is 2.75 bits per heavy atom. The fraction of sp³-hybridized carbons (Fsp3) is 0.421. The molecule has 1 aliphatic heterocycles. The fourth-order valence-electron chi connectivity index (χ4n) is 2.92. The summed E-state index contributed by atoms with van der Waals surface area (Å²) in [5, 5.41) is 0. The minimum atomic E-state index is 0.146. The quantitative estimate of drug-likeness (QED) is 0.868. The molecule has 24 heavy (non-hydrogen) atoms. The van der Waals surface area contributed by atoms with E-state index >= 15 is 0 Å². The number of hydrogen-bond donors (Lipinski definition) is 0. The maximum Gasteiger partial charge on any atom is 0.242 e. The van der Waals surface area contributed by atoms with Crippen molar-refractivity contribution in [2.24, 2.45) is 0 Å². The van der Waals surface area contributed by atoms with E-state index in [4.69, 9.17) is 0 Å². The number of aryl methyl sites for hydroxylation is 1. The highest BCUT2D eigenvalue weighted by Gasteiger charge is 2.25. The molecular formula is C19H24N4O. The van der Waals surface area contributed by atoms with Gasteiger partial charge in [0.1, 0.15) is 11.6 Å². The van der Waals surface area contributed by atoms with Gasteiger partial charge in [-0.05, 0) is 18.6 Å². The van der Waals surface area contributed by atoms with E-state index in [9.17, 15) is 4.79 Å².